The molecule has 2 fully saturated rings. The maximum absolute atomic E-state index is 15.9. The number of carbonyl (C=O) groups is 1. The van der Waals surface area contributed by atoms with E-state index >= 15 is 4.39 Å². The molecule has 1 aliphatic carbocycles. The number of ether oxygens (including phenoxy) is 2. The minimum absolute atomic E-state index is 0.175. The fourth-order valence-corrected chi connectivity index (χ4v) is 6.75. The van der Waals surface area contributed by atoms with Gasteiger partial charge < -0.3 is 24.0 Å². The predicted octanol–water partition coefficient (Wildman–Crippen LogP) is 4.07. The number of para-hydroxylation sites is 1. The largest absolute Gasteiger partial charge is 0.462 e. The smallest absolute Gasteiger partial charge is 0.459 e. The van der Waals surface area contributed by atoms with Crippen LogP contribution in [-0.2, 0) is 23.4 Å². The number of aromatic nitrogens is 4. The minimum atomic E-state index is -4.36. The van der Waals surface area contributed by atoms with Gasteiger partial charge in [-0.25, -0.2) is 23.9 Å². The third kappa shape index (κ3) is 6.70. The summed E-state index contributed by atoms with van der Waals surface area (Å²) >= 11 is 6.29. The normalized spacial score (nSPS) is 25.6. The number of benzene rings is 1. The lowest BCUT2D eigenvalue weighted by Gasteiger charge is -2.31. The van der Waals surface area contributed by atoms with E-state index in [1.54, 1.807) is 51.1 Å². The van der Waals surface area contributed by atoms with E-state index in [0.717, 1.165) is 12.8 Å². The number of alkyl halides is 2. The SMILES string of the molecule is Cc1nc(N(C)C2CC2)c2ncn([C@@H]3O[C@](CCl)(CO[P@](=O)(N[C@@H](C)C(=O)OC(C)C)Oc4ccccc4)[C@@H](O)[C@@H]3F)c2n1. The summed E-state index contributed by atoms with van der Waals surface area (Å²) in [7, 11) is -2.44. The Hall–Kier alpha value is -2.87. The Morgan fingerprint density at radius 3 is 2.64 bits per heavy atom. The first-order chi connectivity index (χ1) is 20.9. The van der Waals surface area contributed by atoms with Gasteiger partial charge in [-0.1, -0.05) is 18.2 Å². The standard InChI is InChI=1S/C28H37ClFN6O7P/c1-16(2)41-27(38)17(3)34-44(39,43-20-9-7-6-8-10-20)40-14-28(13-29)23(37)21(30)26(42-28)36-15-31-22-24(35(5)19-11-12-19)32-18(4)33-25(22)36/h6-10,15-17,19,21,23,26,37H,11-14H2,1-5H3,(H,34,39)/t17-,21-,23-,26+,28+,44+/m0/s1. The van der Waals surface area contributed by atoms with Crippen molar-refractivity contribution in [3.8, 4) is 5.75 Å². The van der Waals surface area contributed by atoms with Crippen LogP contribution in [0.3, 0.4) is 0 Å². The Labute approximate surface area is 259 Å². The highest BCUT2D eigenvalue weighted by molar-refractivity contribution is 7.52. The van der Waals surface area contributed by atoms with Gasteiger partial charge in [0.2, 0.25) is 0 Å². The van der Waals surface area contributed by atoms with Gasteiger partial charge in [0, 0.05) is 13.1 Å². The Morgan fingerprint density at radius 1 is 1.30 bits per heavy atom. The molecule has 2 aliphatic rings. The molecule has 0 unspecified atom stereocenters. The summed E-state index contributed by atoms with van der Waals surface area (Å²) in [5.41, 5.74) is -1.08. The number of carbonyl (C=O) groups excluding carboxylic acids is 1. The highest BCUT2D eigenvalue weighted by Gasteiger charge is 2.57. The number of imidazole rings is 1. The Balaban J connectivity index is 1.41. The number of aliphatic hydroxyl groups is 1. The van der Waals surface area contributed by atoms with Crippen molar-refractivity contribution in [2.75, 3.05) is 24.4 Å². The molecule has 16 heteroatoms. The molecule has 44 heavy (non-hydrogen) atoms. The number of rotatable bonds is 13. The topological polar surface area (TPSA) is 150 Å². The summed E-state index contributed by atoms with van der Waals surface area (Å²) in [6.45, 7) is 5.86. The molecule has 2 aromatic heterocycles. The molecule has 0 amide bonds. The number of fused-ring (bicyclic) bond motifs is 1. The number of halogens is 2. The molecule has 1 saturated carbocycles. The van der Waals surface area contributed by atoms with Gasteiger partial charge in [0.25, 0.3) is 0 Å². The van der Waals surface area contributed by atoms with Crippen LogP contribution in [-0.4, -0.2) is 86.2 Å². The molecular formula is C28H37ClFN6O7P. The molecule has 5 rings (SSSR count). The van der Waals surface area contributed by atoms with E-state index < -0.39 is 62.5 Å². The first-order valence-electron chi connectivity index (χ1n) is 14.3. The molecular weight excluding hydrogens is 618 g/mol. The number of aryl methyl sites for hydroxylation is 1. The van der Waals surface area contributed by atoms with E-state index in [2.05, 4.69) is 20.0 Å². The van der Waals surface area contributed by atoms with Gasteiger partial charge in [-0.15, -0.1) is 11.6 Å². The number of aliphatic hydroxyl groups excluding tert-OH is 1. The maximum atomic E-state index is 15.9. The molecule has 1 aromatic carbocycles. The lowest BCUT2D eigenvalue weighted by molar-refractivity contribution is -0.149. The lowest BCUT2D eigenvalue weighted by atomic mass is 9.99. The van der Waals surface area contributed by atoms with Crippen LogP contribution in [0.5, 0.6) is 5.75 Å². The van der Waals surface area contributed by atoms with Crippen LogP contribution in [0, 0.1) is 6.92 Å². The van der Waals surface area contributed by atoms with E-state index in [-0.39, 0.29) is 5.75 Å². The average molecular weight is 655 g/mol. The molecule has 1 saturated heterocycles. The molecule has 3 aromatic rings. The second kappa shape index (κ2) is 12.9. The van der Waals surface area contributed by atoms with Crippen molar-refractivity contribution >= 4 is 42.3 Å². The van der Waals surface area contributed by atoms with Gasteiger partial charge in [-0.05, 0) is 52.7 Å². The zero-order chi connectivity index (χ0) is 31.8. The van der Waals surface area contributed by atoms with Gasteiger partial charge in [-0.2, -0.15) is 5.09 Å². The first kappa shape index (κ1) is 32.5. The highest BCUT2D eigenvalue weighted by Crippen LogP contribution is 2.49. The minimum Gasteiger partial charge on any atom is -0.462 e. The molecule has 3 heterocycles. The van der Waals surface area contributed by atoms with Crippen molar-refractivity contribution < 1.29 is 37.4 Å². The molecule has 1 aliphatic heterocycles. The van der Waals surface area contributed by atoms with Crippen molar-refractivity contribution in [3.05, 3.63) is 42.5 Å². The Bertz CT molecular complexity index is 1530. The quantitative estimate of drug-likeness (QED) is 0.155. The molecule has 0 bridgehead atoms. The van der Waals surface area contributed by atoms with Crippen LogP contribution in [0.15, 0.2) is 36.7 Å². The zero-order valence-electron chi connectivity index (χ0n) is 25.1. The lowest BCUT2D eigenvalue weighted by Crippen LogP contribution is -2.48. The van der Waals surface area contributed by atoms with Crippen LogP contribution in [0.1, 0.15) is 45.7 Å². The van der Waals surface area contributed by atoms with E-state index in [1.807, 2.05) is 11.9 Å². The third-order valence-electron chi connectivity index (χ3n) is 7.42. The second-order valence-electron chi connectivity index (χ2n) is 11.4. The molecule has 6 atom stereocenters. The number of anilines is 1. The summed E-state index contributed by atoms with van der Waals surface area (Å²) in [6, 6.07) is 7.38. The van der Waals surface area contributed by atoms with Crippen LogP contribution in [0.4, 0.5) is 10.2 Å². The van der Waals surface area contributed by atoms with Gasteiger partial charge in [-0.3, -0.25) is 13.9 Å². The number of nitrogens with one attached hydrogen (secondary N) is 1. The Kier molecular flexibility index (Phi) is 9.50. The maximum Gasteiger partial charge on any atom is 0.459 e. The van der Waals surface area contributed by atoms with Gasteiger partial charge in [0.15, 0.2) is 29.4 Å². The van der Waals surface area contributed by atoms with Crippen LogP contribution in [0.25, 0.3) is 11.2 Å². The zero-order valence-corrected chi connectivity index (χ0v) is 26.7. The van der Waals surface area contributed by atoms with Crippen LogP contribution >= 0.6 is 19.3 Å². The molecule has 13 nitrogen and oxygen atoms in total. The third-order valence-corrected chi connectivity index (χ3v) is 9.49. The number of esters is 1. The van der Waals surface area contributed by atoms with Crippen molar-refractivity contribution in [3.63, 3.8) is 0 Å². The molecule has 2 N–H and O–H groups in total. The van der Waals surface area contributed by atoms with Crippen molar-refractivity contribution in [2.24, 2.45) is 0 Å². The summed E-state index contributed by atoms with van der Waals surface area (Å²) in [5, 5.41) is 13.7. The number of hydrogen-bond donors (Lipinski definition) is 2. The summed E-state index contributed by atoms with van der Waals surface area (Å²) < 4.78 is 54.0. The van der Waals surface area contributed by atoms with Crippen molar-refractivity contribution in [1.29, 1.82) is 0 Å². The van der Waals surface area contributed by atoms with Gasteiger partial charge in [0.05, 0.1) is 24.9 Å². The first-order valence-corrected chi connectivity index (χ1v) is 16.4. The molecule has 0 spiro atoms. The van der Waals surface area contributed by atoms with Crippen LogP contribution < -0.4 is 14.5 Å². The fourth-order valence-electron chi connectivity index (χ4n) is 4.90. The highest BCUT2D eigenvalue weighted by atomic mass is 35.5. The molecule has 0 radical (unpaired) electrons. The predicted molar refractivity (Wildman–Crippen MR) is 160 cm³/mol. The molecule has 240 valence electrons. The van der Waals surface area contributed by atoms with E-state index in [1.165, 1.54) is 17.8 Å². The van der Waals surface area contributed by atoms with Crippen molar-refractivity contribution in [2.45, 2.75) is 82.8 Å². The number of hydrogen-bond acceptors (Lipinski definition) is 11. The van der Waals surface area contributed by atoms with E-state index in [0.29, 0.717) is 28.8 Å². The monoisotopic (exact) mass is 654 g/mol. The van der Waals surface area contributed by atoms with E-state index in [4.69, 9.17) is 30.1 Å². The average Bonchev–Trinajstić information content (AvgIpc) is 3.71. The Morgan fingerprint density at radius 2 is 2.00 bits per heavy atom. The van der Waals surface area contributed by atoms with Crippen LogP contribution in [0.2, 0.25) is 0 Å². The fraction of sp³-hybridized carbons (Fsp3) is 0.571. The van der Waals surface area contributed by atoms with Crippen molar-refractivity contribution in [1.82, 2.24) is 24.6 Å². The summed E-state index contributed by atoms with van der Waals surface area (Å²) in [5.74, 6) is 0.124. The van der Waals surface area contributed by atoms with E-state index in [9.17, 15) is 14.5 Å². The van der Waals surface area contributed by atoms with Gasteiger partial charge >= 0.3 is 13.7 Å². The number of nitrogens with zero attached hydrogens (tertiary/aromatic N) is 5. The van der Waals surface area contributed by atoms with Gasteiger partial charge in [0.1, 0.15) is 29.3 Å². The second-order valence-corrected chi connectivity index (χ2v) is 13.3. The summed E-state index contributed by atoms with van der Waals surface area (Å²) in [4.78, 5) is 28.0. The summed E-state index contributed by atoms with van der Waals surface area (Å²) in [6.07, 6.45) is -2.15.